The zero-order valence-electron chi connectivity index (χ0n) is 9.53. The maximum Gasteiger partial charge on any atom is 0.254 e. The van der Waals surface area contributed by atoms with Gasteiger partial charge >= 0.3 is 0 Å². The zero-order valence-corrected chi connectivity index (χ0v) is 9.53. The minimum absolute atomic E-state index is 0.324. The van der Waals surface area contributed by atoms with Crippen LogP contribution in [0.25, 0.3) is 5.57 Å². The van der Waals surface area contributed by atoms with Crippen molar-refractivity contribution in [3.05, 3.63) is 17.8 Å². The van der Waals surface area contributed by atoms with Gasteiger partial charge in [0.25, 0.3) is 5.89 Å². The lowest BCUT2D eigenvalue weighted by Crippen LogP contribution is -2.25. The number of rotatable bonds is 2. The van der Waals surface area contributed by atoms with Crippen LogP contribution in [0, 0.1) is 0 Å². The van der Waals surface area contributed by atoms with E-state index in [0.29, 0.717) is 11.8 Å². The monoisotopic (exact) mass is 207 g/mol. The Balaban J connectivity index is 2.18. The third-order valence-corrected chi connectivity index (χ3v) is 2.57. The number of likely N-dealkylation sites (N-methyl/N-ethyl adjacent to an activating group) is 1. The van der Waals surface area contributed by atoms with E-state index in [1.54, 1.807) is 0 Å². The van der Waals surface area contributed by atoms with E-state index in [9.17, 15) is 0 Å². The predicted octanol–water partition coefficient (Wildman–Crippen LogP) is 1.91. The largest absolute Gasteiger partial charge is 0.334 e. The van der Waals surface area contributed by atoms with E-state index in [4.69, 9.17) is 4.52 Å². The van der Waals surface area contributed by atoms with Gasteiger partial charge in [-0.2, -0.15) is 4.98 Å². The van der Waals surface area contributed by atoms with Crippen LogP contribution in [0.1, 0.15) is 37.9 Å². The van der Waals surface area contributed by atoms with Crippen LogP contribution in [0.4, 0.5) is 0 Å². The summed E-state index contributed by atoms with van der Waals surface area (Å²) in [5.41, 5.74) is 1.16. The van der Waals surface area contributed by atoms with Crippen molar-refractivity contribution in [2.24, 2.45) is 0 Å². The molecule has 1 aromatic heterocycles. The summed E-state index contributed by atoms with van der Waals surface area (Å²) in [4.78, 5) is 6.65. The molecule has 0 spiro atoms. The minimum atomic E-state index is 0.324. The average Bonchev–Trinajstić information content (AvgIpc) is 2.66. The highest BCUT2D eigenvalue weighted by molar-refractivity contribution is 5.60. The van der Waals surface area contributed by atoms with Gasteiger partial charge < -0.3 is 9.42 Å². The summed E-state index contributed by atoms with van der Waals surface area (Å²) >= 11 is 0. The predicted molar refractivity (Wildman–Crippen MR) is 58.5 cm³/mol. The average molecular weight is 207 g/mol. The van der Waals surface area contributed by atoms with Crippen LogP contribution in [0.2, 0.25) is 0 Å². The number of hydrogen-bond acceptors (Lipinski definition) is 4. The zero-order chi connectivity index (χ0) is 10.8. The van der Waals surface area contributed by atoms with Crippen LogP contribution in [0.15, 0.2) is 10.6 Å². The molecule has 2 heterocycles. The van der Waals surface area contributed by atoms with Gasteiger partial charge in [0.1, 0.15) is 0 Å². The molecule has 1 aromatic rings. The maximum absolute atomic E-state index is 5.26. The van der Waals surface area contributed by atoms with E-state index in [-0.39, 0.29) is 0 Å². The Hall–Kier alpha value is -1.16. The second kappa shape index (κ2) is 4.14. The molecule has 4 heteroatoms. The lowest BCUT2D eigenvalue weighted by Gasteiger charge is -2.20. The van der Waals surface area contributed by atoms with Crippen LogP contribution in [-0.4, -0.2) is 35.2 Å². The number of aromatic nitrogens is 2. The van der Waals surface area contributed by atoms with Crippen molar-refractivity contribution < 1.29 is 4.52 Å². The van der Waals surface area contributed by atoms with Gasteiger partial charge in [-0.3, -0.25) is 0 Å². The standard InChI is InChI=1S/C11H17N3O/c1-8(2)10-12-11(15-13-10)9-5-4-6-14(3)7-9/h5,8H,4,6-7H2,1-3H3. The third kappa shape index (κ3) is 2.26. The molecule has 82 valence electrons. The van der Waals surface area contributed by atoms with E-state index >= 15 is 0 Å². The number of nitrogens with zero attached hydrogens (tertiary/aromatic N) is 3. The molecular formula is C11H17N3O. The molecule has 1 aliphatic rings. The molecule has 0 saturated carbocycles. The van der Waals surface area contributed by atoms with Gasteiger partial charge in [-0.25, -0.2) is 0 Å². The van der Waals surface area contributed by atoms with E-state index in [1.807, 2.05) is 0 Å². The van der Waals surface area contributed by atoms with Crippen molar-refractivity contribution in [1.29, 1.82) is 0 Å². The quantitative estimate of drug-likeness (QED) is 0.743. The molecule has 0 unspecified atom stereocenters. The topological polar surface area (TPSA) is 42.2 Å². The van der Waals surface area contributed by atoms with Gasteiger partial charge in [0, 0.05) is 24.6 Å². The van der Waals surface area contributed by atoms with Crippen LogP contribution >= 0.6 is 0 Å². The Morgan fingerprint density at radius 1 is 1.47 bits per heavy atom. The summed E-state index contributed by atoms with van der Waals surface area (Å²) in [5.74, 6) is 1.80. The van der Waals surface area contributed by atoms with Crippen molar-refractivity contribution in [3.8, 4) is 0 Å². The van der Waals surface area contributed by atoms with E-state index in [2.05, 4.69) is 42.0 Å². The molecular weight excluding hydrogens is 190 g/mol. The van der Waals surface area contributed by atoms with Crippen molar-refractivity contribution in [2.75, 3.05) is 20.1 Å². The molecule has 0 N–H and O–H groups in total. The maximum atomic E-state index is 5.26. The summed E-state index contributed by atoms with van der Waals surface area (Å²) in [6.45, 7) is 6.14. The van der Waals surface area contributed by atoms with Crippen LogP contribution in [0.3, 0.4) is 0 Å². The van der Waals surface area contributed by atoms with Gasteiger partial charge in [0.05, 0.1) is 0 Å². The molecule has 4 nitrogen and oxygen atoms in total. The van der Waals surface area contributed by atoms with E-state index in [1.165, 1.54) is 0 Å². The summed E-state index contributed by atoms with van der Waals surface area (Å²) in [6.07, 6.45) is 3.25. The lowest BCUT2D eigenvalue weighted by atomic mass is 10.1. The first-order valence-corrected chi connectivity index (χ1v) is 5.38. The SMILES string of the molecule is CC(C)c1noc(C2=CCCN(C)C2)n1. The molecule has 0 bridgehead atoms. The van der Waals surface area contributed by atoms with Gasteiger partial charge in [-0.15, -0.1) is 0 Å². The second-order valence-corrected chi connectivity index (χ2v) is 4.37. The molecule has 0 aromatic carbocycles. The van der Waals surface area contributed by atoms with Gasteiger partial charge in [0.15, 0.2) is 5.82 Å². The summed E-state index contributed by atoms with van der Waals surface area (Å²) in [5, 5.41) is 3.97. The summed E-state index contributed by atoms with van der Waals surface area (Å²) < 4.78 is 5.26. The van der Waals surface area contributed by atoms with E-state index < -0.39 is 0 Å². The first kappa shape index (κ1) is 10.4. The molecule has 1 aliphatic heterocycles. The van der Waals surface area contributed by atoms with Crippen molar-refractivity contribution in [1.82, 2.24) is 15.0 Å². The fourth-order valence-electron chi connectivity index (χ4n) is 1.65. The normalized spacial score (nSPS) is 18.3. The highest BCUT2D eigenvalue weighted by Gasteiger charge is 2.17. The minimum Gasteiger partial charge on any atom is -0.334 e. The lowest BCUT2D eigenvalue weighted by molar-refractivity contribution is 0.355. The first-order valence-electron chi connectivity index (χ1n) is 5.38. The Bertz CT molecular complexity index is 368. The number of hydrogen-bond donors (Lipinski definition) is 0. The van der Waals surface area contributed by atoms with Crippen LogP contribution < -0.4 is 0 Å². The molecule has 0 atom stereocenters. The van der Waals surface area contributed by atoms with Crippen molar-refractivity contribution >= 4 is 5.57 Å². The second-order valence-electron chi connectivity index (χ2n) is 4.37. The fraction of sp³-hybridized carbons (Fsp3) is 0.636. The van der Waals surface area contributed by atoms with Crippen LogP contribution in [-0.2, 0) is 0 Å². The van der Waals surface area contributed by atoms with Crippen molar-refractivity contribution in [2.45, 2.75) is 26.2 Å². The molecule has 2 rings (SSSR count). The molecule has 0 amide bonds. The summed E-state index contributed by atoms with van der Waals surface area (Å²) in [6, 6.07) is 0. The van der Waals surface area contributed by atoms with Crippen LogP contribution in [0.5, 0.6) is 0 Å². The molecule has 0 fully saturated rings. The highest BCUT2D eigenvalue weighted by Crippen LogP contribution is 2.20. The first-order chi connectivity index (χ1) is 7.16. The van der Waals surface area contributed by atoms with Gasteiger partial charge in [-0.05, 0) is 13.5 Å². The Morgan fingerprint density at radius 3 is 2.87 bits per heavy atom. The van der Waals surface area contributed by atoms with Gasteiger partial charge in [-0.1, -0.05) is 25.1 Å². The molecule has 0 aliphatic carbocycles. The van der Waals surface area contributed by atoms with Gasteiger partial charge in [0.2, 0.25) is 0 Å². The Labute approximate surface area is 90.0 Å². The van der Waals surface area contributed by atoms with Crippen molar-refractivity contribution in [3.63, 3.8) is 0 Å². The third-order valence-electron chi connectivity index (χ3n) is 2.57. The fourth-order valence-corrected chi connectivity index (χ4v) is 1.65. The Morgan fingerprint density at radius 2 is 2.27 bits per heavy atom. The van der Waals surface area contributed by atoms with E-state index in [0.717, 1.165) is 30.9 Å². The smallest absolute Gasteiger partial charge is 0.254 e. The molecule has 0 radical (unpaired) electrons. The molecule has 0 saturated heterocycles. The Kier molecular flexibility index (Phi) is 2.86. The molecule has 15 heavy (non-hydrogen) atoms. The summed E-state index contributed by atoms with van der Waals surface area (Å²) in [7, 11) is 2.10. The highest BCUT2D eigenvalue weighted by atomic mass is 16.5.